The number of rotatable bonds is 1. The first-order chi connectivity index (χ1) is 4.60. The first kappa shape index (κ1) is 7.27. The number of ketones is 1. The van der Waals surface area contributed by atoms with Gasteiger partial charge < -0.3 is 0 Å². The van der Waals surface area contributed by atoms with E-state index in [1.54, 1.807) is 0 Å². The summed E-state index contributed by atoms with van der Waals surface area (Å²) in [5.41, 5.74) is -0.308. The number of carbonyl (C=O) groups is 1. The van der Waals surface area contributed by atoms with Crippen LogP contribution in [0.4, 0.5) is 0 Å². The number of nitrogens with zero attached hydrogens (tertiary/aromatic N) is 1. The molecule has 0 spiro atoms. The summed E-state index contributed by atoms with van der Waals surface area (Å²) in [6.07, 6.45) is 0.947. The van der Waals surface area contributed by atoms with Crippen molar-refractivity contribution >= 4 is 5.78 Å². The summed E-state index contributed by atoms with van der Waals surface area (Å²) in [6.45, 7) is 3.99. The van der Waals surface area contributed by atoms with Crippen LogP contribution >= 0.6 is 0 Å². The third-order valence-electron chi connectivity index (χ3n) is 2.35. The van der Waals surface area contributed by atoms with Crippen LogP contribution in [-0.2, 0) is 4.79 Å². The van der Waals surface area contributed by atoms with Gasteiger partial charge in [0, 0.05) is 12.8 Å². The van der Waals surface area contributed by atoms with Crippen LogP contribution in [0.15, 0.2) is 0 Å². The molecule has 1 rings (SSSR count). The van der Waals surface area contributed by atoms with Crippen LogP contribution in [-0.4, -0.2) is 5.78 Å². The summed E-state index contributed by atoms with van der Waals surface area (Å²) >= 11 is 0. The summed E-state index contributed by atoms with van der Waals surface area (Å²) in [4.78, 5) is 10.6. The van der Waals surface area contributed by atoms with Crippen molar-refractivity contribution < 1.29 is 4.79 Å². The molecule has 0 N–H and O–H groups in total. The molecule has 0 aromatic rings. The van der Waals surface area contributed by atoms with E-state index >= 15 is 0 Å². The SMILES string of the molecule is CC(C)C1(C#N)CC(=O)C1. The second kappa shape index (κ2) is 2.09. The first-order valence-electron chi connectivity index (χ1n) is 3.54. The molecular weight excluding hydrogens is 126 g/mol. The molecule has 10 heavy (non-hydrogen) atoms. The molecular formula is C8H11NO. The molecule has 1 saturated carbocycles. The summed E-state index contributed by atoms with van der Waals surface area (Å²) < 4.78 is 0. The van der Waals surface area contributed by atoms with Gasteiger partial charge in [0.1, 0.15) is 5.78 Å². The minimum Gasteiger partial charge on any atom is -0.300 e. The molecule has 0 atom stereocenters. The predicted octanol–water partition coefficient (Wildman–Crippen LogP) is 1.52. The van der Waals surface area contributed by atoms with E-state index in [-0.39, 0.29) is 11.2 Å². The smallest absolute Gasteiger partial charge is 0.136 e. The molecule has 2 heteroatoms. The van der Waals surface area contributed by atoms with Gasteiger partial charge in [-0.25, -0.2) is 0 Å². The van der Waals surface area contributed by atoms with Crippen LogP contribution in [0.1, 0.15) is 26.7 Å². The van der Waals surface area contributed by atoms with Gasteiger partial charge in [-0.05, 0) is 5.92 Å². The molecule has 0 amide bonds. The van der Waals surface area contributed by atoms with E-state index in [4.69, 9.17) is 5.26 Å². The van der Waals surface area contributed by atoms with Crippen LogP contribution in [0.3, 0.4) is 0 Å². The third kappa shape index (κ3) is 0.824. The molecule has 0 aromatic heterocycles. The van der Waals surface area contributed by atoms with E-state index in [1.165, 1.54) is 0 Å². The summed E-state index contributed by atoms with van der Waals surface area (Å²) in [6, 6.07) is 2.22. The van der Waals surface area contributed by atoms with Gasteiger partial charge in [-0.1, -0.05) is 13.8 Å². The van der Waals surface area contributed by atoms with Crippen LogP contribution in [0.5, 0.6) is 0 Å². The Labute approximate surface area is 60.8 Å². The Hall–Kier alpha value is -0.840. The Balaban J connectivity index is 2.68. The van der Waals surface area contributed by atoms with E-state index in [9.17, 15) is 4.79 Å². The highest BCUT2D eigenvalue weighted by molar-refractivity contribution is 5.87. The number of nitriles is 1. The van der Waals surface area contributed by atoms with Crippen molar-refractivity contribution in [2.75, 3.05) is 0 Å². The molecule has 2 nitrogen and oxygen atoms in total. The lowest BCUT2D eigenvalue weighted by molar-refractivity contribution is -0.131. The van der Waals surface area contributed by atoms with Crippen LogP contribution in [0.25, 0.3) is 0 Å². The van der Waals surface area contributed by atoms with Crippen molar-refractivity contribution in [1.82, 2.24) is 0 Å². The molecule has 0 aliphatic heterocycles. The number of hydrogen-bond acceptors (Lipinski definition) is 2. The molecule has 1 aliphatic carbocycles. The summed E-state index contributed by atoms with van der Waals surface area (Å²) in [7, 11) is 0. The monoisotopic (exact) mass is 137 g/mol. The summed E-state index contributed by atoms with van der Waals surface area (Å²) in [5, 5.41) is 8.72. The van der Waals surface area contributed by atoms with Gasteiger partial charge in [-0.15, -0.1) is 0 Å². The number of Topliss-reactive ketones (excluding diaryl/α,β-unsaturated/α-hetero) is 1. The van der Waals surface area contributed by atoms with Gasteiger partial charge in [-0.3, -0.25) is 4.79 Å². The lowest BCUT2D eigenvalue weighted by atomic mass is 9.62. The zero-order chi connectivity index (χ0) is 7.78. The zero-order valence-electron chi connectivity index (χ0n) is 6.35. The largest absolute Gasteiger partial charge is 0.300 e. The zero-order valence-corrected chi connectivity index (χ0v) is 6.35. The topological polar surface area (TPSA) is 40.9 Å². The fourth-order valence-electron chi connectivity index (χ4n) is 1.27. The average Bonchev–Trinajstić information content (AvgIpc) is 1.79. The Morgan fingerprint density at radius 3 is 2.20 bits per heavy atom. The van der Waals surface area contributed by atoms with E-state index in [0.717, 1.165) is 0 Å². The molecule has 0 unspecified atom stereocenters. The molecule has 0 heterocycles. The molecule has 1 aliphatic rings. The van der Waals surface area contributed by atoms with Crippen LogP contribution < -0.4 is 0 Å². The fraction of sp³-hybridized carbons (Fsp3) is 0.750. The van der Waals surface area contributed by atoms with Crippen molar-refractivity contribution in [1.29, 1.82) is 5.26 Å². The Kier molecular flexibility index (Phi) is 1.52. The molecule has 54 valence electrons. The Bertz CT molecular complexity index is 192. The van der Waals surface area contributed by atoms with E-state index in [2.05, 4.69) is 6.07 Å². The summed E-state index contributed by atoms with van der Waals surface area (Å²) in [5.74, 6) is 0.547. The van der Waals surface area contributed by atoms with Crippen molar-refractivity contribution in [2.45, 2.75) is 26.7 Å². The second-order valence-corrected chi connectivity index (χ2v) is 3.31. The lowest BCUT2D eigenvalue weighted by Gasteiger charge is -2.37. The van der Waals surface area contributed by atoms with E-state index < -0.39 is 0 Å². The minimum atomic E-state index is -0.308. The van der Waals surface area contributed by atoms with Gasteiger partial charge >= 0.3 is 0 Å². The highest BCUT2D eigenvalue weighted by atomic mass is 16.1. The van der Waals surface area contributed by atoms with E-state index in [1.807, 2.05) is 13.8 Å². The molecule has 0 aromatic carbocycles. The lowest BCUT2D eigenvalue weighted by Crippen LogP contribution is -2.40. The Morgan fingerprint density at radius 2 is 2.10 bits per heavy atom. The average molecular weight is 137 g/mol. The number of carbonyl (C=O) groups excluding carboxylic acids is 1. The molecule has 0 bridgehead atoms. The van der Waals surface area contributed by atoms with Crippen LogP contribution in [0, 0.1) is 22.7 Å². The highest BCUT2D eigenvalue weighted by Gasteiger charge is 2.46. The first-order valence-corrected chi connectivity index (χ1v) is 3.54. The normalized spacial score (nSPS) is 22.0. The molecule has 0 saturated heterocycles. The maximum atomic E-state index is 10.6. The molecule has 1 fully saturated rings. The van der Waals surface area contributed by atoms with Gasteiger partial charge in [0.2, 0.25) is 0 Å². The van der Waals surface area contributed by atoms with Gasteiger partial charge in [0.15, 0.2) is 0 Å². The third-order valence-corrected chi connectivity index (χ3v) is 2.35. The second-order valence-electron chi connectivity index (χ2n) is 3.31. The van der Waals surface area contributed by atoms with Crippen molar-refractivity contribution in [3.8, 4) is 6.07 Å². The fourth-order valence-corrected chi connectivity index (χ4v) is 1.27. The maximum Gasteiger partial charge on any atom is 0.136 e. The predicted molar refractivity (Wildman–Crippen MR) is 37.1 cm³/mol. The quantitative estimate of drug-likeness (QED) is 0.549. The van der Waals surface area contributed by atoms with Crippen molar-refractivity contribution in [3.63, 3.8) is 0 Å². The van der Waals surface area contributed by atoms with Gasteiger partial charge in [0.25, 0.3) is 0 Å². The highest BCUT2D eigenvalue weighted by Crippen LogP contribution is 2.43. The van der Waals surface area contributed by atoms with Gasteiger partial charge in [-0.2, -0.15) is 5.26 Å². The van der Waals surface area contributed by atoms with Crippen molar-refractivity contribution in [3.05, 3.63) is 0 Å². The molecule has 0 radical (unpaired) electrons. The minimum absolute atomic E-state index is 0.232. The van der Waals surface area contributed by atoms with E-state index in [0.29, 0.717) is 18.8 Å². The van der Waals surface area contributed by atoms with Crippen LogP contribution in [0.2, 0.25) is 0 Å². The number of hydrogen-bond donors (Lipinski definition) is 0. The van der Waals surface area contributed by atoms with Crippen molar-refractivity contribution in [2.24, 2.45) is 11.3 Å². The maximum absolute atomic E-state index is 10.6. The standard InChI is InChI=1S/C8H11NO/c1-6(2)8(5-9)3-7(10)4-8/h6H,3-4H2,1-2H3. The Morgan fingerprint density at radius 1 is 1.60 bits per heavy atom. The van der Waals surface area contributed by atoms with Gasteiger partial charge in [0.05, 0.1) is 11.5 Å².